The Morgan fingerprint density at radius 3 is 3.00 bits per heavy atom. The number of amides is 2. The Bertz CT molecular complexity index is 715. The molecule has 2 heterocycles. The highest BCUT2D eigenvalue weighted by molar-refractivity contribution is 5.74. The maximum Gasteiger partial charge on any atom is 0.317 e. The molecule has 2 aromatic rings. The van der Waals surface area contributed by atoms with E-state index in [0.717, 1.165) is 37.1 Å². The second-order valence-corrected chi connectivity index (χ2v) is 6.51. The lowest BCUT2D eigenvalue weighted by Gasteiger charge is -2.30. The summed E-state index contributed by atoms with van der Waals surface area (Å²) in [7, 11) is 0. The number of aryl methyl sites for hydroxylation is 1. The molecule has 5 nitrogen and oxygen atoms in total. The summed E-state index contributed by atoms with van der Waals surface area (Å²) < 4.78 is 15.6. The highest BCUT2D eigenvalue weighted by Crippen LogP contribution is 2.30. The van der Waals surface area contributed by atoms with Gasteiger partial charge in [0, 0.05) is 32.0 Å². The van der Waals surface area contributed by atoms with Gasteiger partial charge in [-0.3, -0.25) is 0 Å². The van der Waals surface area contributed by atoms with E-state index in [1.807, 2.05) is 28.7 Å². The van der Waals surface area contributed by atoms with Gasteiger partial charge in [-0.25, -0.2) is 14.2 Å². The summed E-state index contributed by atoms with van der Waals surface area (Å²) in [6.07, 6.45) is 7.68. The van der Waals surface area contributed by atoms with Crippen LogP contribution in [0, 0.1) is 12.7 Å². The van der Waals surface area contributed by atoms with Gasteiger partial charge in [-0.2, -0.15) is 0 Å². The lowest BCUT2D eigenvalue weighted by atomic mass is 10.0. The number of carbonyl (C=O) groups excluding carboxylic acids is 1. The lowest BCUT2D eigenvalue weighted by Crippen LogP contribution is -2.43. The number of rotatable bonds is 4. The number of hydrogen-bond donors (Lipinski definition) is 1. The average Bonchev–Trinajstić information content (AvgIpc) is 2.86. The third kappa shape index (κ3) is 4.38. The molecule has 1 aromatic heterocycles. The number of carbonyl (C=O) groups is 1. The number of halogens is 1. The molecule has 3 rings (SSSR count). The number of aromatic nitrogens is 2. The molecule has 1 atom stereocenters. The van der Waals surface area contributed by atoms with Gasteiger partial charge in [-0.15, -0.1) is 0 Å². The van der Waals surface area contributed by atoms with E-state index in [1.54, 1.807) is 18.3 Å². The fourth-order valence-corrected chi connectivity index (χ4v) is 3.44. The molecule has 6 heteroatoms. The zero-order valence-corrected chi connectivity index (χ0v) is 14.6. The molecule has 0 aliphatic carbocycles. The minimum absolute atomic E-state index is 0.0619. The fourth-order valence-electron chi connectivity index (χ4n) is 3.44. The van der Waals surface area contributed by atoms with Crippen LogP contribution >= 0.6 is 0 Å². The quantitative estimate of drug-likeness (QED) is 0.920. The third-order valence-corrected chi connectivity index (χ3v) is 4.80. The molecule has 1 saturated heterocycles. The van der Waals surface area contributed by atoms with Crippen molar-refractivity contribution in [1.82, 2.24) is 19.8 Å². The molecule has 1 aliphatic rings. The van der Waals surface area contributed by atoms with Gasteiger partial charge in [-0.1, -0.05) is 25.0 Å². The first-order valence-electron chi connectivity index (χ1n) is 8.93. The summed E-state index contributed by atoms with van der Waals surface area (Å²) in [6.45, 7) is 3.88. The molecule has 1 N–H and O–H groups in total. The maximum atomic E-state index is 13.6. The summed E-state index contributed by atoms with van der Waals surface area (Å²) in [5.74, 6) is 0.680. The van der Waals surface area contributed by atoms with Gasteiger partial charge >= 0.3 is 6.03 Å². The molecule has 0 spiro atoms. The van der Waals surface area contributed by atoms with Crippen molar-refractivity contribution in [2.75, 3.05) is 13.1 Å². The van der Waals surface area contributed by atoms with Crippen molar-refractivity contribution >= 4 is 6.03 Å². The Morgan fingerprint density at radius 2 is 2.24 bits per heavy atom. The van der Waals surface area contributed by atoms with Crippen LogP contribution in [0.15, 0.2) is 36.7 Å². The molecule has 0 radical (unpaired) electrons. The Morgan fingerprint density at radius 1 is 1.36 bits per heavy atom. The minimum atomic E-state index is -0.252. The largest absolute Gasteiger partial charge is 0.336 e. The number of likely N-dealkylation sites (tertiary alicyclic amines) is 1. The lowest BCUT2D eigenvalue weighted by molar-refractivity contribution is 0.175. The van der Waals surface area contributed by atoms with Gasteiger partial charge in [0.25, 0.3) is 0 Å². The van der Waals surface area contributed by atoms with Crippen LogP contribution in [0.5, 0.6) is 0 Å². The number of hydrogen-bond acceptors (Lipinski definition) is 2. The Kier molecular flexibility index (Phi) is 5.68. The third-order valence-electron chi connectivity index (χ3n) is 4.80. The maximum absolute atomic E-state index is 13.6. The van der Waals surface area contributed by atoms with Crippen LogP contribution in [0.2, 0.25) is 0 Å². The molecule has 0 bridgehead atoms. The van der Waals surface area contributed by atoms with Crippen LogP contribution in [0.25, 0.3) is 0 Å². The van der Waals surface area contributed by atoms with E-state index in [1.165, 1.54) is 6.07 Å². The smallest absolute Gasteiger partial charge is 0.317 e. The molecule has 25 heavy (non-hydrogen) atoms. The van der Waals surface area contributed by atoms with E-state index in [0.29, 0.717) is 19.6 Å². The van der Waals surface area contributed by atoms with E-state index in [2.05, 4.69) is 10.3 Å². The highest BCUT2D eigenvalue weighted by atomic mass is 19.1. The summed E-state index contributed by atoms with van der Waals surface area (Å²) in [6, 6.07) is 6.48. The molecule has 1 aromatic carbocycles. The zero-order chi connectivity index (χ0) is 17.6. The van der Waals surface area contributed by atoms with Crippen molar-refractivity contribution in [3.8, 4) is 0 Å². The fraction of sp³-hybridized carbons (Fsp3) is 0.474. The average molecular weight is 344 g/mol. The van der Waals surface area contributed by atoms with Gasteiger partial charge in [0.2, 0.25) is 0 Å². The number of benzene rings is 1. The number of nitrogens with zero attached hydrogens (tertiary/aromatic N) is 3. The van der Waals surface area contributed by atoms with Crippen LogP contribution in [-0.2, 0) is 6.54 Å². The molecule has 0 unspecified atom stereocenters. The van der Waals surface area contributed by atoms with Gasteiger partial charge in [0.05, 0.1) is 6.04 Å². The molecule has 1 fully saturated rings. The Labute approximate surface area is 147 Å². The van der Waals surface area contributed by atoms with Crippen molar-refractivity contribution in [1.29, 1.82) is 0 Å². The summed E-state index contributed by atoms with van der Waals surface area (Å²) >= 11 is 0. The second kappa shape index (κ2) is 8.14. The second-order valence-electron chi connectivity index (χ2n) is 6.51. The predicted octanol–water partition coefficient (Wildman–Crippen LogP) is 3.66. The van der Waals surface area contributed by atoms with Gasteiger partial charge in [0.1, 0.15) is 11.6 Å². The minimum Gasteiger partial charge on any atom is -0.336 e. The molecular weight excluding hydrogens is 319 g/mol. The Hall–Kier alpha value is -2.37. The van der Waals surface area contributed by atoms with Crippen molar-refractivity contribution in [3.05, 3.63) is 53.9 Å². The van der Waals surface area contributed by atoms with Gasteiger partial charge in [-0.05, 0) is 37.5 Å². The van der Waals surface area contributed by atoms with Gasteiger partial charge < -0.3 is 14.8 Å². The first kappa shape index (κ1) is 17.5. The molecule has 0 saturated carbocycles. The van der Waals surface area contributed by atoms with E-state index in [9.17, 15) is 9.18 Å². The topological polar surface area (TPSA) is 50.2 Å². The van der Waals surface area contributed by atoms with E-state index in [4.69, 9.17) is 0 Å². The van der Waals surface area contributed by atoms with Crippen molar-refractivity contribution in [2.24, 2.45) is 0 Å². The molecular formula is C19H25FN4O. The Balaban J connectivity index is 1.66. The molecule has 1 aliphatic heterocycles. The number of imidazole rings is 1. The van der Waals surface area contributed by atoms with Crippen molar-refractivity contribution in [3.63, 3.8) is 0 Å². The summed E-state index contributed by atoms with van der Waals surface area (Å²) in [5.41, 5.74) is 0.877. The normalized spacial score (nSPS) is 18.0. The summed E-state index contributed by atoms with van der Waals surface area (Å²) in [5, 5.41) is 3.00. The van der Waals surface area contributed by atoms with Crippen molar-refractivity contribution < 1.29 is 9.18 Å². The van der Waals surface area contributed by atoms with Gasteiger partial charge in [0.15, 0.2) is 0 Å². The van der Waals surface area contributed by atoms with Crippen LogP contribution in [0.3, 0.4) is 0 Å². The van der Waals surface area contributed by atoms with E-state index in [-0.39, 0.29) is 17.9 Å². The molecule has 2 amide bonds. The standard InChI is InChI=1S/C19H25FN4O/c1-15-21-9-12-23(15)13-10-22-19(25)24-11-4-2-3-8-18(24)16-6-5-7-17(20)14-16/h5-7,9,12,14,18H,2-4,8,10-11,13H2,1H3,(H,22,25)/t18-/m1/s1. The number of nitrogens with one attached hydrogen (secondary N) is 1. The van der Waals surface area contributed by atoms with Crippen LogP contribution < -0.4 is 5.32 Å². The SMILES string of the molecule is Cc1nccn1CCNC(=O)N1CCCCC[C@@H]1c1cccc(F)c1. The van der Waals surface area contributed by atoms with Crippen LogP contribution in [-0.4, -0.2) is 33.6 Å². The van der Waals surface area contributed by atoms with E-state index < -0.39 is 0 Å². The molecule has 134 valence electrons. The number of urea groups is 1. The predicted molar refractivity (Wildman–Crippen MR) is 94.7 cm³/mol. The monoisotopic (exact) mass is 344 g/mol. The van der Waals surface area contributed by atoms with E-state index >= 15 is 0 Å². The zero-order valence-electron chi connectivity index (χ0n) is 14.6. The first-order valence-corrected chi connectivity index (χ1v) is 8.93. The van der Waals surface area contributed by atoms with Crippen molar-refractivity contribution in [2.45, 2.75) is 45.2 Å². The van der Waals surface area contributed by atoms with Crippen LogP contribution in [0.4, 0.5) is 9.18 Å². The first-order chi connectivity index (χ1) is 12.1. The summed E-state index contributed by atoms with van der Waals surface area (Å²) in [4.78, 5) is 18.8. The highest BCUT2D eigenvalue weighted by Gasteiger charge is 2.26. The van der Waals surface area contributed by atoms with Crippen LogP contribution in [0.1, 0.15) is 43.1 Å².